The lowest BCUT2D eigenvalue weighted by atomic mass is 9.89. The largest absolute Gasteiger partial charge is 0.481 e. The Bertz CT molecular complexity index is 443. The lowest BCUT2D eigenvalue weighted by Crippen LogP contribution is -2.29. The average Bonchev–Trinajstić information content (AvgIpc) is 2.15. The van der Waals surface area contributed by atoms with Crippen molar-refractivity contribution in [3.05, 3.63) is 29.3 Å². The summed E-state index contributed by atoms with van der Waals surface area (Å²) in [5.41, 5.74) is -0.522. The second-order valence-electron chi connectivity index (χ2n) is 4.42. The summed E-state index contributed by atoms with van der Waals surface area (Å²) in [7, 11) is 0. The van der Waals surface area contributed by atoms with Gasteiger partial charge in [-0.25, -0.2) is 0 Å². The lowest BCUT2D eigenvalue weighted by molar-refractivity contribution is -0.148. The maximum absolute atomic E-state index is 11.6. The SMILES string of the molecule is CC(C)(CC(=O)Nc1cccc(Cl)c1)C(=O)O. The average molecular weight is 256 g/mol. The number of nitrogens with one attached hydrogen (secondary N) is 1. The van der Waals surface area contributed by atoms with Crippen LogP contribution in [0, 0.1) is 5.41 Å². The van der Waals surface area contributed by atoms with Crippen molar-refractivity contribution in [3.8, 4) is 0 Å². The predicted molar refractivity (Wildman–Crippen MR) is 66.1 cm³/mol. The number of carbonyl (C=O) groups excluding carboxylic acids is 1. The summed E-state index contributed by atoms with van der Waals surface area (Å²) in [5.74, 6) is -1.35. The Labute approximate surface area is 105 Å². The highest BCUT2D eigenvalue weighted by Crippen LogP contribution is 2.22. The quantitative estimate of drug-likeness (QED) is 0.869. The number of carboxylic acid groups (broad SMARTS) is 1. The smallest absolute Gasteiger partial charge is 0.309 e. The molecule has 0 fully saturated rings. The summed E-state index contributed by atoms with van der Waals surface area (Å²) >= 11 is 5.77. The first-order valence-electron chi connectivity index (χ1n) is 5.10. The minimum absolute atomic E-state index is 0.0884. The van der Waals surface area contributed by atoms with Gasteiger partial charge in [-0.3, -0.25) is 9.59 Å². The fourth-order valence-corrected chi connectivity index (χ4v) is 1.44. The summed E-state index contributed by atoms with van der Waals surface area (Å²) in [6, 6.07) is 6.70. The van der Waals surface area contributed by atoms with Gasteiger partial charge in [-0.1, -0.05) is 17.7 Å². The van der Waals surface area contributed by atoms with Crippen LogP contribution in [0.5, 0.6) is 0 Å². The second-order valence-corrected chi connectivity index (χ2v) is 4.86. The molecule has 1 amide bonds. The fourth-order valence-electron chi connectivity index (χ4n) is 1.25. The van der Waals surface area contributed by atoms with E-state index in [2.05, 4.69) is 5.32 Å². The molecular weight excluding hydrogens is 242 g/mol. The third kappa shape index (κ3) is 4.07. The summed E-state index contributed by atoms with van der Waals surface area (Å²) in [6.45, 7) is 3.01. The molecule has 4 nitrogen and oxygen atoms in total. The minimum Gasteiger partial charge on any atom is -0.481 e. The first-order valence-corrected chi connectivity index (χ1v) is 5.48. The second kappa shape index (κ2) is 5.19. The molecule has 0 saturated carbocycles. The standard InChI is InChI=1S/C12H14ClNO3/c1-12(2,11(16)17)7-10(15)14-9-5-3-4-8(13)6-9/h3-6H,7H2,1-2H3,(H,14,15)(H,16,17). The normalized spacial score (nSPS) is 11.0. The number of carbonyl (C=O) groups is 2. The Hall–Kier alpha value is -1.55. The Kier molecular flexibility index (Phi) is 4.12. The number of rotatable bonds is 4. The van der Waals surface area contributed by atoms with Gasteiger partial charge in [-0.05, 0) is 32.0 Å². The number of halogens is 1. The third-order valence-corrected chi connectivity index (χ3v) is 2.52. The molecule has 0 bridgehead atoms. The molecule has 0 aliphatic heterocycles. The number of anilines is 1. The van der Waals surface area contributed by atoms with Crippen LogP contribution in [-0.4, -0.2) is 17.0 Å². The number of aliphatic carboxylic acids is 1. The Morgan fingerprint density at radius 3 is 2.59 bits per heavy atom. The third-order valence-electron chi connectivity index (χ3n) is 2.29. The Morgan fingerprint density at radius 1 is 1.41 bits per heavy atom. The van der Waals surface area contributed by atoms with Crippen LogP contribution in [0.2, 0.25) is 5.02 Å². The molecule has 0 atom stereocenters. The summed E-state index contributed by atoms with van der Waals surface area (Å²) in [4.78, 5) is 22.5. The van der Waals surface area contributed by atoms with Gasteiger partial charge in [0.2, 0.25) is 5.91 Å². The zero-order valence-corrected chi connectivity index (χ0v) is 10.4. The van der Waals surface area contributed by atoms with E-state index in [9.17, 15) is 9.59 Å². The van der Waals surface area contributed by atoms with Crippen molar-refractivity contribution in [2.24, 2.45) is 5.41 Å². The van der Waals surface area contributed by atoms with Gasteiger partial charge in [-0.2, -0.15) is 0 Å². The zero-order chi connectivity index (χ0) is 13.1. The predicted octanol–water partition coefficient (Wildman–Crippen LogP) is 2.78. The van der Waals surface area contributed by atoms with Crippen LogP contribution in [0.25, 0.3) is 0 Å². The summed E-state index contributed by atoms with van der Waals surface area (Å²) in [5, 5.41) is 12.0. The maximum atomic E-state index is 11.6. The van der Waals surface area contributed by atoms with Crippen LogP contribution >= 0.6 is 11.6 Å². The highest BCUT2D eigenvalue weighted by molar-refractivity contribution is 6.30. The van der Waals surface area contributed by atoms with Gasteiger partial charge in [0.05, 0.1) is 5.41 Å². The topological polar surface area (TPSA) is 66.4 Å². The number of hydrogen-bond acceptors (Lipinski definition) is 2. The molecule has 1 aromatic rings. The molecule has 17 heavy (non-hydrogen) atoms. The van der Waals surface area contributed by atoms with Gasteiger partial charge in [-0.15, -0.1) is 0 Å². The van der Waals surface area contributed by atoms with Gasteiger partial charge in [0, 0.05) is 17.1 Å². The Balaban J connectivity index is 2.65. The molecular formula is C12H14ClNO3. The number of benzene rings is 1. The van der Waals surface area contributed by atoms with Gasteiger partial charge >= 0.3 is 5.97 Å². The van der Waals surface area contributed by atoms with Crippen LogP contribution in [0.4, 0.5) is 5.69 Å². The van der Waals surface area contributed by atoms with Crippen LogP contribution in [0.3, 0.4) is 0 Å². The molecule has 0 aromatic heterocycles. The molecule has 0 spiro atoms. The molecule has 1 rings (SSSR count). The van der Waals surface area contributed by atoms with E-state index in [0.29, 0.717) is 10.7 Å². The van der Waals surface area contributed by atoms with Gasteiger partial charge in [0.25, 0.3) is 0 Å². The van der Waals surface area contributed by atoms with Crippen molar-refractivity contribution in [3.63, 3.8) is 0 Å². The molecule has 0 aliphatic carbocycles. The monoisotopic (exact) mass is 255 g/mol. The van der Waals surface area contributed by atoms with Crippen LogP contribution in [-0.2, 0) is 9.59 Å². The van der Waals surface area contributed by atoms with Crippen molar-refractivity contribution < 1.29 is 14.7 Å². The first-order chi connectivity index (χ1) is 7.81. The number of hydrogen-bond donors (Lipinski definition) is 2. The van der Waals surface area contributed by atoms with Crippen molar-refractivity contribution in [2.45, 2.75) is 20.3 Å². The highest BCUT2D eigenvalue weighted by atomic mass is 35.5. The number of amides is 1. The molecule has 0 unspecified atom stereocenters. The van der Waals surface area contributed by atoms with Gasteiger partial charge < -0.3 is 10.4 Å². The van der Waals surface area contributed by atoms with E-state index in [1.807, 2.05) is 0 Å². The van der Waals surface area contributed by atoms with E-state index in [0.717, 1.165) is 0 Å². The summed E-state index contributed by atoms with van der Waals surface area (Å²) in [6.07, 6.45) is -0.0884. The number of carboxylic acids is 1. The molecule has 1 aromatic carbocycles. The highest BCUT2D eigenvalue weighted by Gasteiger charge is 2.30. The fraction of sp³-hybridized carbons (Fsp3) is 0.333. The van der Waals surface area contributed by atoms with Crippen molar-refractivity contribution in [2.75, 3.05) is 5.32 Å². The molecule has 0 aliphatic rings. The van der Waals surface area contributed by atoms with Gasteiger partial charge in [0.1, 0.15) is 0 Å². The van der Waals surface area contributed by atoms with Crippen LogP contribution in [0.1, 0.15) is 20.3 Å². The lowest BCUT2D eigenvalue weighted by Gasteiger charge is -2.18. The summed E-state index contributed by atoms with van der Waals surface area (Å²) < 4.78 is 0. The van der Waals surface area contributed by atoms with E-state index < -0.39 is 11.4 Å². The zero-order valence-electron chi connectivity index (χ0n) is 9.66. The van der Waals surface area contributed by atoms with E-state index >= 15 is 0 Å². The van der Waals surface area contributed by atoms with Gasteiger partial charge in [0.15, 0.2) is 0 Å². The molecule has 0 saturated heterocycles. The van der Waals surface area contributed by atoms with Crippen molar-refractivity contribution in [1.82, 2.24) is 0 Å². The molecule has 2 N–H and O–H groups in total. The first kappa shape index (κ1) is 13.5. The minimum atomic E-state index is -1.08. The van der Waals surface area contributed by atoms with E-state index in [-0.39, 0.29) is 12.3 Å². The van der Waals surface area contributed by atoms with Crippen LogP contribution < -0.4 is 5.32 Å². The molecule has 92 valence electrons. The molecule has 5 heteroatoms. The maximum Gasteiger partial charge on any atom is 0.309 e. The Morgan fingerprint density at radius 2 is 2.06 bits per heavy atom. The molecule has 0 heterocycles. The molecule has 0 radical (unpaired) electrons. The van der Waals surface area contributed by atoms with Crippen LogP contribution in [0.15, 0.2) is 24.3 Å². The van der Waals surface area contributed by atoms with Crippen molar-refractivity contribution >= 4 is 29.2 Å². The van der Waals surface area contributed by atoms with E-state index in [1.54, 1.807) is 24.3 Å². The van der Waals surface area contributed by atoms with E-state index in [1.165, 1.54) is 13.8 Å². The van der Waals surface area contributed by atoms with E-state index in [4.69, 9.17) is 16.7 Å². The van der Waals surface area contributed by atoms with Crippen molar-refractivity contribution in [1.29, 1.82) is 0 Å².